The van der Waals surface area contributed by atoms with Crippen molar-refractivity contribution in [2.24, 2.45) is 7.05 Å². The van der Waals surface area contributed by atoms with Crippen molar-refractivity contribution in [3.05, 3.63) is 53.1 Å². The van der Waals surface area contributed by atoms with Gasteiger partial charge in [0.15, 0.2) is 0 Å². The highest BCUT2D eigenvalue weighted by atomic mass is 19.1. The molecule has 2 amide bonds. The fraction of sp³-hybridized carbons (Fsp3) is 0.500. The third kappa shape index (κ3) is 4.86. The number of hydrogen-bond acceptors (Lipinski definition) is 3. The van der Waals surface area contributed by atoms with Gasteiger partial charge < -0.3 is 15.4 Å². The SMILES string of the molecule is CCC(Cc1ccc(F)cc1)NC(=O)N[C@H]1CCO[C@@H]1c1cn(C)nc1C. The summed E-state index contributed by atoms with van der Waals surface area (Å²) in [6.45, 7) is 4.58. The number of aryl methyl sites for hydroxylation is 2. The van der Waals surface area contributed by atoms with E-state index < -0.39 is 0 Å². The Hall–Kier alpha value is -2.41. The highest BCUT2D eigenvalue weighted by molar-refractivity contribution is 5.74. The summed E-state index contributed by atoms with van der Waals surface area (Å²) in [5.74, 6) is -0.254. The van der Waals surface area contributed by atoms with Gasteiger partial charge in [0, 0.05) is 31.5 Å². The Morgan fingerprint density at radius 3 is 2.78 bits per heavy atom. The molecule has 2 heterocycles. The number of ether oxygens (including phenoxy) is 1. The summed E-state index contributed by atoms with van der Waals surface area (Å²) in [4.78, 5) is 12.5. The number of halogens is 1. The van der Waals surface area contributed by atoms with E-state index in [2.05, 4.69) is 15.7 Å². The summed E-state index contributed by atoms with van der Waals surface area (Å²) in [6.07, 6.45) is 3.98. The summed E-state index contributed by atoms with van der Waals surface area (Å²) in [5, 5.41) is 10.4. The maximum Gasteiger partial charge on any atom is 0.315 e. The van der Waals surface area contributed by atoms with Crippen LogP contribution in [-0.4, -0.2) is 34.5 Å². The lowest BCUT2D eigenvalue weighted by molar-refractivity contribution is 0.0992. The highest BCUT2D eigenvalue weighted by Crippen LogP contribution is 2.30. The van der Waals surface area contributed by atoms with E-state index in [0.29, 0.717) is 13.0 Å². The zero-order valence-electron chi connectivity index (χ0n) is 16.0. The quantitative estimate of drug-likeness (QED) is 0.817. The Labute approximate surface area is 159 Å². The molecule has 0 spiro atoms. The molecule has 146 valence electrons. The molecule has 2 N–H and O–H groups in total. The van der Waals surface area contributed by atoms with Crippen LogP contribution < -0.4 is 10.6 Å². The van der Waals surface area contributed by atoms with E-state index in [9.17, 15) is 9.18 Å². The molecule has 1 saturated heterocycles. The molecule has 1 aromatic heterocycles. The van der Waals surface area contributed by atoms with E-state index in [-0.39, 0.29) is 30.0 Å². The normalized spacial score (nSPS) is 20.4. The van der Waals surface area contributed by atoms with Crippen LogP contribution in [0.15, 0.2) is 30.5 Å². The summed E-state index contributed by atoms with van der Waals surface area (Å²) >= 11 is 0. The highest BCUT2D eigenvalue weighted by Gasteiger charge is 2.33. The van der Waals surface area contributed by atoms with E-state index in [1.54, 1.807) is 16.8 Å². The minimum Gasteiger partial charge on any atom is -0.371 e. The molecule has 6 nitrogen and oxygen atoms in total. The van der Waals surface area contributed by atoms with Crippen LogP contribution >= 0.6 is 0 Å². The Balaban J connectivity index is 1.58. The van der Waals surface area contributed by atoms with Gasteiger partial charge in [-0.2, -0.15) is 5.10 Å². The van der Waals surface area contributed by atoms with Crippen LogP contribution in [-0.2, 0) is 18.2 Å². The molecular weight excluding hydrogens is 347 g/mol. The molecule has 1 fully saturated rings. The number of aromatic nitrogens is 2. The van der Waals surface area contributed by atoms with Gasteiger partial charge in [-0.3, -0.25) is 4.68 Å². The molecule has 3 rings (SSSR count). The molecule has 1 aromatic carbocycles. The molecule has 0 radical (unpaired) electrons. The van der Waals surface area contributed by atoms with E-state index in [4.69, 9.17) is 4.74 Å². The van der Waals surface area contributed by atoms with Crippen molar-refractivity contribution >= 4 is 6.03 Å². The van der Waals surface area contributed by atoms with Crippen LogP contribution in [0.4, 0.5) is 9.18 Å². The number of carbonyl (C=O) groups excluding carboxylic acids is 1. The molecule has 1 aliphatic heterocycles. The average molecular weight is 374 g/mol. The lowest BCUT2D eigenvalue weighted by atomic mass is 10.0. The summed E-state index contributed by atoms with van der Waals surface area (Å²) < 4.78 is 20.7. The van der Waals surface area contributed by atoms with Gasteiger partial charge >= 0.3 is 6.03 Å². The molecule has 1 aliphatic rings. The van der Waals surface area contributed by atoms with Crippen molar-refractivity contribution in [2.75, 3.05) is 6.61 Å². The Kier molecular flexibility index (Phi) is 6.11. The number of hydrogen-bond donors (Lipinski definition) is 2. The van der Waals surface area contributed by atoms with Crippen LogP contribution in [0.25, 0.3) is 0 Å². The fourth-order valence-electron chi connectivity index (χ4n) is 3.54. The lowest BCUT2D eigenvalue weighted by Gasteiger charge is -2.23. The van der Waals surface area contributed by atoms with Gasteiger partial charge in [-0.1, -0.05) is 19.1 Å². The average Bonchev–Trinajstić information content (AvgIpc) is 3.21. The van der Waals surface area contributed by atoms with Gasteiger partial charge in [-0.25, -0.2) is 9.18 Å². The largest absolute Gasteiger partial charge is 0.371 e. The monoisotopic (exact) mass is 374 g/mol. The van der Waals surface area contributed by atoms with Gasteiger partial charge in [-0.05, 0) is 43.9 Å². The topological polar surface area (TPSA) is 68.2 Å². The van der Waals surface area contributed by atoms with Crippen molar-refractivity contribution in [2.45, 2.75) is 51.3 Å². The van der Waals surface area contributed by atoms with Gasteiger partial charge in [0.25, 0.3) is 0 Å². The second-order valence-corrected chi connectivity index (χ2v) is 7.08. The molecule has 1 unspecified atom stereocenters. The number of carbonyl (C=O) groups is 1. The zero-order valence-corrected chi connectivity index (χ0v) is 16.0. The molecular formula is C20H27FN4O2. The molecule has 0 aliphatic carbocycles. The number of nitrogens with one attached hydrogen (secondary N) is 2. The van der Waals surface area contributed by atoms with Crippen LogP contribution in [0.3, 0.4) is 0 Å². The van der Waals surface area contributed by atoms with Crippen molar-refractivity contribution in [1.29, 1.82) is 0 Å². The standard InChI is InChI=1S/C20H27FN4O2/c1-4-16(11-14-5-7-15(21)8-6-14)22-20(26)23-18-9-10-27-19(18)17-12-25(3)24-13(17)2/h5-8,12,16,18-19H,4,9-11H2,1-3H3,(H2,22,23,26)/t16?,18-,19+/m0/s1. The second kappa shape index (κ2) is 8.52. The minimum absolute atomic E-state index is 0.0173. The predicted octanol–water partition coefficient (Wildman–Crippen LogP) is 3.02. The zero-order chi connectivity index (χ0) is 19.4. The van der Waals surface area contributed by atoms with Crippen molar-refractivity contribution in [3.8, 4) is 0 Å². The van der Waals surface area contributed by atoms with Crippen LogP contribution in [0.2, 0.25) is 0 Å². The van der Waals surface area contributed by atoms with E-state index in [1.807, 2.05) is 27.1 Å². The van der Waals surface area contributed by atoms with Crippen LogP contribution in [0.1, 0.15) is 42.7 Å². The Bertz CT molecular complexity index is 775. The minimum atomic E-state index is -0.254. The van der Waals surface area contributed by atoms with E-state index in [1.165, 1.54) is 12.1 Å². The van der Waals surface area contributed by atoms with Crippen LogP contribution in [0, 0.1) is 12.7 Å². The first-order valence-corrected chi connectivity index (χ1v) is 9.39. The molecule has 2 aromatic rings. The first-order valence-electron chi connectivity index (χ1n) is 9.39. The molecule has 0 bridgehead atoms. The van der Waals surface area contributed by atoms with Crippen molar-refractivity contribution < 1.29 is 13.9 Å². The van der Waals surface area contributed by atoms with Crippen LogP contribution in [0.5, 0.6) is 0 Å². The van der Waals surface area contributed by atoms with Gasteiger partial charge in [0.05, 0.1) is 11.7 Å². The first-order chi connectivity index (χ1) is 13.0. The van der Waals surface area contributed by atoms with Gasteiger partial charge in [0.1, 0.15) is 11.9 Å². The van der Waals surface area contributed by atoms with E-state index in [0.717, 1.165) is 29.7 Å². The van der Waals surface area contributed by atoms with Gasteiger partial charge in [0.2, 0.25) is 0 Å². The summed E-state index contributed by atoms with van der Waals surface area (Å²) in [5.41, 5.74) is 2.93. The lowest BCUT2D eigenvalue weighted by Crippen LogP contribution is -2.47. The number of urea groups is 1. The molecule has 0 saturated carbocycles. The maximum absolute atomic E-state index is 13.1. The number of rotatable bonds is 6. The van der Waals surface area contributed by atoms with E-state index >= 15 is 0 Å². The number of benzene rings is 1. The van der Waals surface area contributed by atoms with Crippen molar-refractivity contribution in [3.63, 3.8) is 0 Å². The third-order valence-corrected chi connectivity index (χ3v) is 4.99. The molecule has 7 heteroatoms. The molecule has 3 atom stereocenters. The fourth-order valence-corrected chi connectivity index (χ4v) is 3.54. The second-order valence-electron chi connectivity index (χ2n) is 7.08. The first kappa shape index (κ1) is 19.4. The summed E-state index contributed by atoms with van der Waals surface area (Å²) in [7, 11) is 1.88. The molecule has 27 heavy (non-hydrogen) atoms. The number of nitrogens with zero attached hydrogens (tertiary/aromatic N) is 2. The predicted molar refractivity (Wildman–Crippen MR) is 101 cm³/mol. The third-order valence-electron chi connectivity index (χ3n) is 4.99. The maximum atomic E-state index is 13.1. The number of amides is 2. The Morgan fingerprint density at radius 1 is 1.41 bits per heavy atom. The van der Waals surface area contributed by atoms with Crippen molar-refractivity contribution in [1.82, 2.24) is 20.4 Å². The summed E-state index contributed by atoms with van der Waals surface area (Å²) in [6, 6.07) is 6.09. The van der Waals surface area contributed by atoms with Gasteiger partial charge in [-0.15, -0.1) is 0 Å². The smallest absolute Gasteiger partial charge is 0.315 e. The Morgan fingerprint density at radius 2 is 2.15 bits per heavy atom.